The van der Waals surface area contributed by atoms with Gasteiger partial charge in [0.25, 0.3) is 11.8 Å². The molecule has 156 valence electrons. The SMILES string of the molecule is Cc1cccc(NC2=C(c3ccc(Cl)cc3)C(=O)N(Cc3ccc(Cl)cc3)C2=O)c1C. The predicted molar refractivity (Wildman–Crippen MR) is 125 cm³/mol. The highest BCUT2D eigenvalue weighted by Gasteiger charge is 2.39. The lowest BCUT2D eigenvalue weighted by Crippen LogP contribution is -2.32. The summed E-state index contributed by atoms with van der Waals surface area (Å²) in [6.07, 6.45) is 0. The van der Waals surface area contributed by atoms with Crippen molar-refractivity contribution in [2.45, 2.75) is 20.4 Å². The van der Waals surface area contributed by atoms with Gasteiger partial charge in [0.1, 0.15) is 5.70 Å². The number of imide groups is 1. The first kappa shape index (κ1) is 21.2. The second-order valence-electron chi connectivity index (χ2n) is 7.45. The molecule has 0 spiro atoms. The van der Waals surface area contributed by atoms with E-state index < -0.39 is 0 Å². The number of amides is 2. The molecule has 3 aromatic rings. The highest BCUT2D eigenvalue weighted by molar-refractivity contribution is 6.37. The summed E-state index contributed by atoms with van der Waals surface area (Å²) in [5.74, 6) is -0.721. The van der Waals surface area contributed by atoms with Gasteiger partial charge in [-0.1, -0.05) is 59.6 Å². The van der Waals surface area contributed by atoms with Gasteiger partial charge in [0, 0.05) is 15.7 Å². The van der Waals surface area contributed by atoms with Crippen molar-refractivity contribution in [2.75, 3.05) is 5.32 Å². The molecule has 31 heavy (non-hydrogen) atoms. The Morgan fingerprint density at radius 2 is 1.42 bits per heavy atom. The Morgan fingerprint density at radius 1 is 0.806 bits per heavy atom. The summed E-state index contributed by atoms with van der Waals surface area (Å²) in [6.45, 7) is 4.14. The Kier molecular flexibility index (Phi) is 5.86. The number of carbonyl (C=O) groups excluding carboxylic acids is 2. The van der Waals surface area contributed by atoms with Crippen LogP contribution in [0.5, 0.6) is 0 Å². The first-order chi connectivity index (χ1) is 14.8. The van der Waals surface area contributed by atoms with Gasteiger partial charge in [-0.05, 0) is 66.4 Å². The molecule has 4 rings (SSSR count). The number of rotatable bonds is 5. The molecule has 0 aliphatic carbocycles. The van der Waals surface area contributed by atoms with Gasteiger partial charge in [0.05, 0.1) is 12.1 Å². The van der Waals surface area contributed by atoms with Crippen molar-refractivity contribution in [1.82, 2.24) is 4.90 Å². The minimum absolute atomic E-state index is 0.157. The first-order valence-electron chi connectivity index (χ1n) is 9.79. The smallest absolute Gasteiger partial charge is 0.278 e. The maximum atomic E-state index is 13.4. The highest BCUT2D eigenvalue weighted by atomic mass is 35.5. The number of nitrogens with zero attached hydrogens (tertiary/aromatic N) is 1. The molecule has 1 aliphatic rings. The van der Waals surface area contributed by atoms with Crippen LogP contribution in [0.1, 0.15) is 22.3 Å². The van der Waals surface area contributed by atoms with Gasteiger partial charge >= 0.3 is 0 Å². The maximum absolute atomic E-state index is 13.4. The highest BCUT2D eigenvalue weighted by Crippen LogP contribution is 2.33. The monoisotopic (exact) mass is 450 g/mol. The number of carbonyl (C=O) groups is 2. The summed E-state index contributed by atoms with van der Waals surface area (Å²) in [6, 6.07) is 19.8. The quantitative estimate of drug-likeness (QED) is 0.484. The Balaban J connectivity index is 1.76. The summed E-state index contributed by atoms with van der Waals surface area (Å²) in [7, 11) is 0. The second-order valence-corrected chi connectivity index (χ2v) is 8.33. The zero-order valence-electron chi connectivity index (χ0n) is 17.1. The number of benzene rings is 3. The zero-order chi connectivity index (χ0) is 22.1. The molecular formula is C25H20Cl2N2O2. The van der Waals surface area contributed by atoms with Crippen molar-refractivity contribution in [3.8, 4) is 0 Å². The second kappa shape index (κ2) is 8.58. The van der Waals surface area contributed by atoms with E-state index in [1.807, 2.05) is 32.0 Å². The van der Waals surface area contributed by atoms with Gasteiger partial charge in [-0.25, -0.2) is 0 Å². The van der Waals surface area contributed by atoms with E-state index in [4.69, 9.17) is 23.2 Å². The molecule has 0 bridgehead atoms. The molecule has 0 atom stereocenters. The average molecular weight is 451 g/mol. The standard InChI is InChI=1S/C25H20Cl2N2O2/c1-15-4-3-5-21(16(15)2)28-23-22(18-8-12-20(27)13-9-18)24(30)29(25(23)31)14-17-6-10-19(26)11-7-17/h3-13,28H,14H2,1-2H3. The van der Waals surface area contributed by atoms with Crippen molar-refractivity contribution >= 4 is 46.3 Å². The van der Waals surface area contributed by atoms with Crippen molar-refractivity contribution in [3.63, 3.8) is 0 Å². The van der Waals surface area contributed by atoms with E-state index in [9.17, 15) is 9.59 Å². The molecule has 0 radical (unpaired) electrons. The molecule has 1 aliphatic heterocycles. The molecule has 6 heteroatoms. The molecule has 1 N–H and O–H groups in total. The van der Waals surface area contributed by atoms with Gasteiger partial charge in [0.15, 0.2) is 0 Å². The average Bonchev–Trinajstić information content (AvgIpc) is 2.98. The largest absolute Gasteiger partial charge is 0.350 e. The molecule has 0 saturated carbocycles. The number of halogens is 2. The zero-order valence-corrected chi connectivity index (χ0v) is 18.6. The Bertz CT molecular complexity index is 1200. The third kappa shape index (κ3) is 4.22. The summed E-state index contributed by atoms with van der Waals surface area (Å²) >= 11 is 12.0. The van der Waals surface area contributed by atoms with E-state index in [1.165, 1.54) is 4.90 Å². The maximum Gasteiger partial charge on any atom is 0.278 e. The van der Waals surface area contributed by atoms with Gasteiger partial charge in [0.2, 0.25) is 0 Å². The third-order valence-electron chi connectivity index (χ3n) is 5.42. The van der Waals surface area contributed by atoms with E-state index >= 15 is 0 Å². The van der Waals surface area contributed by atoms with Crippen LogP contribution >= 0.6 is 23.2 Å². The van der Waals surface area contributed by atoms with Gasteiger partial charge in [-0.15, -0.1) is 0 Å². The Labute approximate surface area is 191 Å². The molecular weight excluding hydrogens is 431 g/mol. The number of anilines is 1. The molecule has 0 aromatic heterocycles. The number of hydrogen-bond donors (Lipinski definition) is 1. The lowest BCUT2D eigenvalue weighted by Gasteiger charge is -2.16. The minimum atomic E-state index is -0.370. The van der Waals surface area contributed by atoms with Crippen LogP contribution in [0.3, 0.4) is 0 Å². The van der Waals surface area contributed by atoms with Crippen LogP contribution in [0.25, 0.3) is 5.57 Å². The topological polar surface area (TPSA) is 49.4 Å². The van der Waals surface area contributed by atoms with Gasteiger partial charge < -0.3 is 5.32 Å². The summed E-state index contributed by atoms with van der Waals surface area (Å²) in [5, 5.41) is 4.39. The number of hydrogen-bond acceptors (Lipinski definition) is 3. The van der Waals surface area contributed by atoms with E-state index in [0.717, 1.165) is 22.4 Å². The van der Waals surface area contributed by atoms with E-state index in [2.05, 4.69) is 5.32 Å². The fraction of sp³-hybridized carbons (Fsp3) is 0.120. The molecule has 0 fully saturated rings. The van der Waals surface area contributed by atoms with Crippen LogP contribution in [-0.4, -0.2) is 16.7 Å². The third-order valence-corrected chi connectivity index (χ3v) is 5.92. The van der Waals surface area contributed by atoms with Crippen LogP contribution in [0.15, 0.2) is 72.4 Å². The number of nitrogens with one attached hydrogen (secondary N) is 1. The van der Waals surface area contributed by atoms with Crippen molar-refractivity contribution in [1.29, 1.82) is 0 Å². The molecule has 0 unspecified atom stereocenters. The lowest BCUT2D eigenvalue weighted by molar-refractivity contribution is -0.137. The van der Waals surface area contributed by atoms with Crippen LogP contribution in [0.4, 0.5) is 5.69 Å². The fourth-order valence-electron chi connectivity index (χ4n) is 3.51. The summed E-state index contributed by atoms with van der Waals surface area (Å²) in [5.41, 5.74) is 4.93. The minimum Gasteiger partial charge on any atom is -0.350 e. The van der Waals surface area contributed by atoms with E-state index in [-0.39, 0.29) is 24.1 Å². The van der Waals surface area contributed by atoms with Crippen LogP contribution in [0.2, 0.25) is 10.0 Å². The normalized spacial score (nSPS) is 13.9. The molecule has 2 amide bonds. The molecule has 0 saturated heterocycles. The molecule has 4 nitrogen and oxygen atoms in total. The van der Waals surface area contributed by atoms with Crippen molar-refractivity contribution < 1.29 is 9.59 Å². The number of aryl methyl sites for hydroxylation is 1. The van der Waals surface area contributed by atoms with Gasteiger partial charge in [-0.3, -0.25) is 14.5 Å². The van der Waals surface area contributed by atoms with E-state index in [0.29, 0.717) is 21.2 Å². The van der Waals surface area contributed by atoms with Gasteiger partial charge in [-0.2, -0.15) is 0 Å². The summed E-state index contributed by atoms with van der Waals surface area (Å²) < 4.78 is 0. The Hall–Kier alpha value is -3.08. The fourth-order valence-corrected chi connectivity index (χ4v) is 3.77. The van der Waals surface area contributed by atoms with Crippen molar-refractivity contribution in [3.05, 3.63) is 105 Å². The summed E-state index contributed by atoms with van der Waals surface area (Å²) in [4.78, 5) is 28.0. The molecule has 1 heterocycles. The Morgan fingerprint density at radius 3 is 2.06 bits per heavy atom. The van der Waals surface area contributed by atoms with Crippen LogP contribution in [-0.2, 0) is 16.1 Å². The molecule has 3 aromatic carbocycles. The van der Waals surface area contributed by atoms with E-state index in [1.54, 1.807) is 48.5 Å². The first-order valence-corrected chi connectivity index (χ1v) is 10.5. The lowest BCUT2D eigenvalue weighted by atomic mass is 10.0. The van der Waals surface area contributed by atoms with Crippen LogP contribution in [0, 0.1) is 13.8 Å². The van der Waals surface area contributed by atoms with Crippen LogP contribution < -0.4 is 5.32 Å². The van der Waals surface area contributed by atoms with Crippen molar-refractivity contribution in [2.24, 2.45) is 0 Å². The predicted octanol–water partition coefficient (Wildman–Crippen LogP) is 6.00.